The summed E-state index contributed by atoms with van der Waals surface area (Å²) in [6.45, 7) is 6.23. The fourth-order valence-electron chi connectivity index (χ4n) is 2.98. The van der Waals surface area contributed by atoms with Crippen LogP contribution in [0, 0.1) is 11.3 Å². The largest absolute Gasteiger partial charge is 0.387 e. The van der Waals surface area contributed by atoms with E-state index in [0.717, 1.165) is 0 Å². The van der Waals surface area contributed by atoms with Crippen LogP contribution in [0.3, 0.4) is 0 Å². The van der Waals surface area contributed by atoms with Crippen LogP contribution in [-0.2, 0) is 0 Å². The SMILES string of the molecule is CC(C)Nc1c(C(=O)NC[C@@H](F)C(C)(C)O)cnn2cc(Nc3cc(C#N)ccn3)cc12. The second kappa shape index (κ2) is 9.20. The molecule has 168 valence electrons. The highest BCUT2D eigenvalue weighted by atomic mass is 19.1. The van der Waals surface area contributed by atoms with Crippen molar-refractivity contribution in [2.75, 3.05) is 17.2 Å². The lowest BCUT2D eigenvalue weighted by Crippen LogP contribution is -2.42. The minimum absolute atomic E-state index is 0.0123. The number of nitrogens with zero attached hydrogens (tertiary/aromatic N) is 4. The molecule has 10 heteroatoms. The molecule has 1 atom stereocenters. The van der Waals surface area contributed by atoms with Gasteiger partial charge in [-0.25, -0.2) is 13.9 Å². The summed E-state index contributed by atoms with van der Waals surface area (Å²) in [7, 11) is 0. The molecule has 4 N–H and O–H groups in total. The minimum atomic E-state index is -1.62. The molecule has 0 saturated carbocycles. The smallest absolute Gasteiger partial charge is 0.255 e. The fourth-order valence-corrected chi connectivity index (χ4v) is 2.98. The van der Waals surface area contributed by atoms with Crippen LogP contribution in [0.25, 0.3) is 5.52 Å². The predicted molar refractivity (Wildman–Crippen MR) is 120 cm³/mol. The Bertz CT molecular complexity index is 1160. The monoisotopic (exact) mass is 439 g/mol. The van der Waals surface area contributed by atoms with Gasteiger partial charge in [-0.1, -0.05) is 0 Å². The first-order valence-corrected chi connectivity index (χ1v) is 10.1. The average Bonchev–Trinajstić information content (AvgIpc) is 3.14. The van der Waals surface area contributed by atoms with E-state index in [9.17, 15) is 14.3 Å². The molecule has 3 rings (SSSR count). The van der Waals surface area contributed by atoms with E-state index in [0.29, 0.717) is 28.3 Å². The first-order valence-electron chi connectivity index (χ1n) is 10.1. The molecule has 0 saturated heterocycles. The number of nitriles is 1. The highest BCUT2D eigenvalue weighted by Gasteiger charge is 2.27. The molecule has 0 aromatic carbocycles. The quantitative estimate of drug-likeness (QED) is 0.425. The van der Waals surface area contributed by atoms with E-state index in [1.165, 1.54) is 26.2 Å². The summed E-state index contributed by atoms with van der Waals surface area (Å²) < 4.78 is 15.7. The van der Waals surface area contributed by atoms with Gasteiger partial charge in [0.25, 0.3) is 5.91 Å². The van der Waals surface area contributed by atoms with Crippen LogP contribution >= 0.6 is 0 Å². The standard InChI is InChI=1S/C22H26FN7O2/c1-13(2)28-20-16(21(31)26-11-18(23)22(3,4)32)10-27-30-12-15(8-17(20)30)29-19-7-14(9-24)5-6-25-19/h5-8,10,12-13,18,28,32H,11H2,1-4H3,(H,25,29)(H,26,31)/t18-/m1/s1. The summed E-state index contributed by atoms with van der Waals surface area (Å²) in [5.41, 5.74) is 0.997. The number of alkyl halides is 1. The summed E-state index contributed by atoms with van der Waals surface area (Å²) in [6.07, 6.45) is 3.05. The number of carbonyl (C=O) groups excluding carboxylic acids is 1. The molecule has 0 radical (unpaired) electrons. The lowest BCUT2D eigenvalue weighted by atomic mass is 10.0. The number of aromatic nitrogens is 3. The molecule has 0 spiro atoms. The molecule has 0 aliphatic rings. The Labute approximate surface area is 185 Å². The van der Waals surface area contributed by atoms with Gasteiger partial charge in [0.15, 0.2) is 0 Å². The van der Waals surface area contributed by atoms with E-state index in [2.05, 4.69) is 32.1 Å². The number of aliphatic hydroxyl groups is 1. The molecule has 3 heterocycles. The van der Waals surface area contributed by atoms with Gasteiger partial charge in [-0.3, -0.25) is 4.79 Å². The van der Waals surface area contributed by atoms with Crippen molar-refractivity contribution in [2.45, 2.75) is 45.5 Å². The maximum atomic E-state index is 14.1. The first-order chi connectivity index (χ1) is 15.1. The second-order valence-corrected chi connectivity index (χ2v) is 8.29. The van der Waals surface area contributed by atoms with E-state index in [-0.39, 0.29) is 18.2 Å². The van der Waals surface area contributed by atoms with Gasteiger partial charge < -0.3 is 21.1 Å². The third-order valence-electron chi connectivity index (χ3n) is 4.68. The van der Waals surface area contributed by atoms with Crippen molar-refractivity contribution in [3.05, 3.63) is 47.9 Å². The highest BCUT2D eigenvalue weighted by molar-refractivity contribution is 6.03. The highest BCUT2D eigenvalue weighted by Crippen LogP contribution is 2.27. The van der Waals surface area contributed by atoms with Crippen molar-refractivity contribution in [3.8, 4) is 6.07 Å². The van der Waals surface area contributed by atoms with Crippen molar-refractivity contribution in [3.63, 3.8) is 0 Å². The fraction of sp³-hybridized carbons (Fsp3) is 0.364. The van der Waals surface area contributed by atoms with Crippen molar-refractivity contribution in [1.29, 1.82) is 5.26 Å². The molecule has 3 aromatic heterocycles. The van der Waals surface area contributed by atoms with Crippen molar-refractivity contribution < 1.29 is 14.3 Å². The van der Waals surface area contributed by atoms with Gasteiger partial charge in [-0.2, -0.15) is 10.4 Å². The topological polar surface area (TPSA) is 127 Å². The maximum absolute atomic E-state index is 14.1. The van der Waals surface area contributed by atoms with Gasteiger partial charge in [-0.15, -0.1) is 0 Å². The Balaban J connectivity index is 1.92. The van der Waals surface area contributed by atoms with Crippen LogP contribution < -0.4 is 16.0 Å². The molecular weight excluding hydrogens is 413 g/mol. The zero-order valence-electron chi connectivity index (χ0n) is 18.3. The van der Waals surface area contributed by atoms with E-state index in [4.69, 9.17) is 5.26 Å². The molecule has 0 bridgehead atoms. The number of hydrogen-bond donors (Lipinski definition) is 4. The number of nitrogens with one attached hydrogen (secondary N) is 3. The third kappa shape index (κ3) is 5.31. The van der Waals surface area contributed by atoms with Crippen LogP contribution in [0.15, 0.2) is 36.8 Å². The second-order valence-electron chi connectivity index (χ2n) is 8.29. The number of hydrogen-bond acceptors (Lipinski definition) is 7. The molecule has 1 amide bonds. The zero-order chi connectivity index (χ0) is 23.5. The number of amides is 1. The predicted octanol–water partition coefficient (Wildman–Crippen LogP) is 3.00. The van der Waals surface area contributed by atoms with Crippen molar-refractivity contribution in [1.82, 2.24) is 19.9 Å². The Morgan fingerprint density at radius 3 is 2.78 bits per heavy atom. The van der Waals surface area contributed by atoms with Gasteiger partial charge in [0, 0.05) is 12.2 Å². The number of pyridine rings is 1. The summed E-state index contributed by atoms with van der Waals surface area (Å²) in [5.74, 6) is -0.00829. The normalized spacial score (nSPS) is 12.4. The van der Waals surface area contributed by atoms with Crippen LogP contribution in [0.1, 0.15) is 43.6 Å². The van der Waals surface area contributed by atoms with Gasteiger partial charge in [-0.05, 0) is 45.9 Å². The molecule has 0 unspecified atom stereocenters. The number of rotatable bonds is 8. The molecule has 0 fully saturated rings. The Hall–Kier alpha value is -3.71. The van der Waals surface area contributed by atoms with Gasteiger partial charge in [0.05, 0.1) is 58.6 Å². The van der Waals surface area contributed by atoms with E-state index < -0.39 is 17.7 Å². The molecular formula is C22H26FN7O2. The maximum Gasteiger partial charge on any atom is 0.255 e. The van der Waals surface area contributed by atoms with Crippen LogP contribution in [0.4, 0.5) is 21.6 Å². The van der Waals surface area contributed by atoms with Crippen molar-refractivity contribution in [2.24, 2.45) is 0 Å². The third-order valence-corrected chi connectivity index (χ3v) is 4.68. The number of fused-ring (bicyclic) bond motifs is 1. The van der Waals surface area contributed by atoms with E-state index in [1.54, 1.807) is 28.9 Å². The number of carbonyl (C=O) groups is 1. The van der Waals surface area contributed by atoms with E-state index >= 15 is 0 Å². The Morgan fingerprint density at radius 1 is 1.38 bits per heavy atom. The van der Waals surface area contributed by atoms with Crippen LogP contribution in [0.2, 0.25) is 0 Å². The lowest BCUT2D eigenvalue weighted by molar-refractivity contribution is -0.00177. The Kier molecular flexibility index (Phi) is 6.60. The summed E-state index contributed by atoms with van der Waals surface area (Å²) in [5, 5.41) is 32.0. The summed E-state index contributed by atoms with van der Waals surface area (Å²) >= 11 is 0. The first kappa shape index (κ1) is 23.0. The zero-order valence-corrected chi connectivity index (χ0v) is 18.3. The Morgan fingerprint density at radius 2 is 2.12 bits per heavy atom. The lowest BCUT2D eigenvalue weighted by Gasteiger charge is -2.23. The average molecular weight is 439 g/mol. The van der Waals surface area contributed by atoms with Crippen LogP contribution in [-0.4, -0.2) is 50.0 Å². The summed E-state index contributed by atoms with van der Waals surface area (Å²) in [6, 6.07) is 7.11. The molecule has 3 aromatic rings. The van der Waals surface area contributed by atoms with Gasteiger partial charge >= 0.3 is 0 Å². The van der Waals surface area contributed by atoms with Gasteiger partial charge in [0.2, 0.25) is 0 Å². The minimum Gasteiger partial charge on any atom is -0.387 e. The van der Waals surface area contributed by atoms with E-state index in [1.807, 2.05) is 13.8 Å². The number of anilines is 3. The van der Waals surface area contributed by atoms with Crippen molar-refractivity contribution >= 4 is 28.6 Å². The summed E-state index contributed by atoms with van der Waals surface area (Å²) in [4.78, 5) is 17.0. The van der Waals surface area contributed by atoms with Crippen LogP contribution in [0.5, 0.6) is 0 Å². The molecule has 9 nitrogen and oxygen atoms in total. The van der Waals surface area contributed by atoms with Gasteiger partial charge in [0.1, 0.15) is 12.0 Å². The molecule has 0 aliphatic carbocycles. The molecule has 0 aliphatic heterocycles. The number of halogens is 1. The molecule has 32 heavy (non-hydrogen) atoms.